The van der Waals surface area contributed by atoms with Crippen molar-refractivity contribution >= 4 is 42.6 Å². The van der Waals surface area contributed by atoms with E-state index in [0.717, 1.165) is 34.7 Å². The number of para-hydroxylation sites is 1. The van der Waals surface area contributed by atoms with Crippen molar-refractivity contribution in [2.75, 3.05) is 44.2 Å². The highest BCUT2D eigenvalue weighted by atomic mass is 32.2. The maximum absolute atomic E-state index is 13.2. The summed E-state index contributed by atoms with van der Waals surface area (Å²) in [6.07, 6.45) is 1.82. The van der Waals surface area contributed by atoms with Gasteiger partial charge in [-0.15, -0.1) is 0 Å². The maximum atomic E-state index is 13.2. The van der Waals surface area contributed by atoms with Gasteiger partial charge in [0.05, 0.1) is 21.0 Å². The topological polar surface area (TPSA) is 73.8 Å². The quantitative estimate of drug-likeness (QED) is 0.586. The number of hydrogen-bond donors (Lipinski definition) is 0. The van der Waals surface area contributed by atoms with Crippen LogP contribution in [0.5, 0.6) is 0 Å². The minimum Gasteiger partial charge on any atom is -0.347 e. The molecular weight excluding hydrogens is 444 g/mol. The molecule has 0 spiro atoms. The van der Waals surface area contributed by atoms with Crippen molar-refractivity contribution in [1.82, 2.24) is 14.2 Å². The fourth-order valence-corrected chi connectivity index (χ4v) is 6.94. The van der Waals surface area contributed by atoms with Crippen LogP contribution in [0.2, 0.25) is 0 Å². The van der Waals surface area contributed by atoms with Gasteiger partial charge in [-0.25, -0.2) is 13.4 Å². The average Bonchev–Trinajstić information content (AvgIpc) is 3.29. The standard InChI is InChI=1S/C23H26N4O3S2/c28-22(25-13-15-27(16-14-25)32(29,30)19-8-2-1-3-9-19)18-7-6-12-26(17-18)23-24-20-10-4-5-11-21(20)31-23/h1-5,8-11,18H,6-7,12-17H2/t18-/m1/s1. The fourth-order valence-electron chi connectivity index (χ4n) is 4.50. The summed E-state index contributed by atoms with van der Waals surface area (Å²) in [4.78, 5) is 22.4. The second-order valence-corrected chi connectivity index (χ2v) is 11.2. The van der Waals surface area contributed by atoms with Gasteiger partial charge in [0.25, 0.3) is 0 Å². The first-order valence-electron chi connectivity index (χ1n) is 11.0. The highest BCUT2D eigenvalue weighted by Crippen LogP contribution is 2.32. The molecule has 2 aliphatic rings. The molecule has 2 aromatic carbocycles. The number of thiazole rings is 1. The van der Waals surface area contributed by atoms with Gasteiger partial charge < -0.3 is 9.80 Å². The SMILES string of the molecule is O=C([C@@H]1CCCN(c2nc3ccccc3s2)C1)N1CCN(S(=O)(=O)c2ccccc2)CC1. The predicted molar refractivity (Wildman–Crippen MR) is 126 cm³/mol. The number of anilines is 1. The summed E-state index contributed by atoms with van der Waals surface area (Å²) in [6, 6.07) is 16.6. The maximum Gasteiger partial charge on any atom is 0.243 e. The number of carbonyl (C=O) groups is 1. The normalized spacial score (nSPS) is 20.6. The van der Waals surface area contributed by atoms with Crippen LogP contribution in [-0.2, 0) is 14.8 Å². The van der Waals surface area contributed by atoms with E-state index in [1.54, 1.807) is 41.7 Å². The van der Waals surface area contributed by atoms with Crippen molar-refractivity contribution in [2.45, 2.75) is 17.7 Å². The molecule has 0 saturated carbocycles. The van der Waals surface area contributed by atoms with E-state index in [2.05, 4.69) is 11.0 Å². The lowest BCUT2D eigenvalue weighted by atomic mass is 9.96. The van der Waals surface area contributed by atoms with Crippen LogP contribution < -0.4 is 4.90 Å². The number of nitrogens with zero attached hydrogens (tertiary/aromatic N) is 4. The van der Waals surface area contributed by atoms with E-state index in [-0.39, 0.29) is 11.8 Å². The van der Waals surface area contributed by atoms with Gasteiger partial charge in [-0.1, -0.05) is 41.7 Å². The van der Waals surface area contributed by atoms with Gasteiger partial charge in [-0.05, 0) is 37.1 Å². The molecule has 2 saturated heterocycles. The molecule has 2 fully saturated rings. The highest BCUT2D eigenvalue weighted by Gasteiger charge is 2.34. The number of aromatic nitrogens is 1. The van der Waals surface area contributed by atoms with E-state index < -0.39 is 10.0 Å². The molecule has 0 unspecified atom stereocenters. The lowest BCUT2D eigenvalue weighted by Gasteiger charge is -2.38. The third-order valence-corrected chi connectivity index (χ3v) is 9.27. The molecule has 1 aromatic heterocycles. The first kappa shape index (κ1) is 21.4. The summed E-state index contributed by atoms with van der Waals surface area (Å²) in [7, 11) is -3.51. The Hall–Kier alpha value is -2.49. The molecule has 1 atom stereocenters. The van der Waals surface area contributed by atoms with Crippen molar-refractivity contribution in [2.24, 2.45) is 5.92 Å². The zero-order valence-corrected chi connectivity index (χ0v) is 19.4. The average molecular weight is 471 g/mol. The zero-order valence-electron chi connectivity index (χ0n) is 17.8. The van der Waals surface area contributed by atoms with Gasteiger partial charge >= 0.3 is 0 Å². The Morgan fingerprint density at radius 2 is 1.66 bits per heavy atom. The molecule has 0 aliphatic carbocycles. The second kappa shape index (κ2) is 8.80. The molecule has 2 aliphatic heterocycles. The summed E-state index contributed by atoms with van der Waals surface area (Å²) in [5, 5.41) is 0.975. The van der Waals surface area contributed by atoms with E-state index in [9.17, 15) is 13.2 Å². The molecular formula is C23H26N4O3S2. The fraction of sp³-hybridized carbons (Fsp3) is 0.391. The number of hydrogen-bond acceptors (Lipinski definition) is 6. The van der Waals surface area contributed by atoms with Crippen molar-refractivity contribution in [1.29, 1.82) is 0 Å². The van der Waals surface area contributed by atoms with Gasteiger partial charge in [0, 0.05) is 39.3 Å². The van der Waals surface area contributed by atoms with Crippen LogP contribution in [0.15, 0.2) is 59.5 Å². The van der Waals surface area contributed by atoms with Crippen molar-refractivity contribution in [3.8, 4) is 0 Å². The molecule has 0 bridgehead atoms. The minimum atomic E-state index is -3.51. The van der Waals surface area contributed by atoms with Crippen LogP contribution in [0.25, 0.3) is 10.2 Å². The van der Waals surface area contributed by atoms with E-state index in [0.29, 0.717) is 37.6 Å². The van der Waals surface area contributed by atoms with Crippen molar-refractivity contribution in [3.63, 3.8) is 0 Å². The van der Waals surface area contributed by atoms with Crippen LogP contribution in [0.3, 0.4) is 0 Å². The number of carbonyl (C=O) groups excluding carboxylic acids is 1. The van der Waals surface area contributed by atoms with Gasteiger partial charge in [0.15, 0.2) is 5.13 Å². The van der Waals surface area contributed by atoms with Crippen LogP contribution >= 0.6 is 11.3 Å². The summed E-state index contributed by atoms with van der Waals surface area (Å²) in [6.45, 7) is 3.10. The van der Waals surface area contributed by atoms with E-state index in [1.165, 1.54) is 4.31 Å². The first-order chi connectivity index (χ1) is 15.5. The lowest BCUT2D eigenvalue weighted by molar-refractivity contribution is -0.137. The van der Waals surface area contributed by atoms with Gasteiger partial charge in [0.2, 0.25) is 15.9 Å². The number of piperidine rings is 1. The molecule has 9 heteroatoms. The highest BCUT2D eigenvalue weighted by molar-refractivity contribution is 7.89. The van der Waals surface area contributed by atoms with Crippen molar-refractivity contribution in [3.05, 3.63) is 54.6 Å². The van der Waals surface area contributed by atoms with Crippen LogP contribution in [-0.4, -0.2) is 67.8 Å². The monoisotopic (exact) mass is 470 g/mol. The Labute approximate surface area is 192 Å². The molecule has 3 aromatic rings. The molecule has 3 heterocycles. The number of amides is 1. The summed E-state index contributed by atoms with van der Waals surface area (Å²) >= 11 is 1.67. The summed E-state index contributed by atoms with van der Waals surface area (Å²) in [5.41, 5.74) is 0.997. The third kappa shape index (κ3) is 4.12. The second-order valence-electron chi connectivity index (χ2n) is 8.29. The Kier molecular flexibility index (Phi) is 5.88. The van der Waals surface area contributed by atoms with Crippen LogP contribution in [0.4, 0.5) is 5.13 Å². The zero-order chi connectivity index (χ0) is 22.1. The van der Waals surface area contributed by atoms with Gasteiger partial charge in [-0.3, -0.25) is 4.79 Å². The summed E-state index contributed by atoms with van der Waals surface area (Å²) in [5.74, 6) is 0.0561. The van der Waals surface area contributed by atoms with Crippen LogP contribution in [0, 0.1) is 5.92 Å². The Morgan fingerprint density at radius 1 is 0.938 bits per heavy atom. The smallest absolute Gasteiger partial charge is 0.243 e. The number of rotatable bonds is 4. The minimum absolute atomic E-state index is 0.0759. The number of piperazine rings is 1. The molecule has 32 heavy (non-hydrogen) atoms. The first-order valence-corrected chi connectivity index (χ1v) is 13.2. The largest absolute Gasteiger partial charge is 0.347 e. The van der Waals surface area contributed by atoms with Gasteiger partial charge in [0.1, 0.15) is 0 Å². The molecule has 7 nitrogen and oxygen atoms in total. The van der Waals surface area contributed by atoms with E-state index in [1.807, 2.05) is 23.1 Å². The molecule has 0 N–H and O–H groups in total. The Bertz CT molecular complexity index is 1170. The van der Waals surface area contributed by atoms with Crippen molar-refractivity contribution < 1.29 is 13.2 Å². The predicted octanol–water partition coefficient (Wildman–Crippen LogP) is 3.05. The summed E-state index contributed by atoms with van der Waals surface area (Å²) < 4.78 is 28.3. The lowest BCUT2D eigenvalue weighted by Crippen LogP contribution is -2.53. The number of benzene rings is 2. The molecule has 168 valence electrons. The molecule has 1 amide bonds. The number of sulfonamides is 1. The Morgan fingerprint density at radius 3 is 2.41 bits per heavy atom. The van der Waals surface area contributed by atoms with Crippen LogP contribution in [0.1, 0.15) is 12.8 Å². The van der Waals surface area contributed by atoms with E-state index in [4.69, 9.17) is 4.98 Å². The van der Waals surface area contributed by atoms with E-state index >= 15 is 0 Å². The van der Waals surface area contributed by atoms with Gasteiger partial charge in [-0.2, -0.15) is 4.31 Å². The molecule has 0 radical (unpaired) electrons. The molecule has 5 rings (SSSR count). The number of fused-ring (bicyclic) bond motifs is 1. The third-order valence-electron chi connectivity index (χ3n) is 6.26. The Balaban J connectivity index is 1.22.